The molecule has 0 aliphatic heterocycles. The van der Waals surface area contributed by atoms with Crippen LogP contribution in [0.1, 0.15) is 20.3 Å². The Morgan fingerprint density at radius 2 is 2.14 bits per heavy atom. The quantitative estimate of drug-likeness (QED) is 0.340. The molecule has 1 N–H and O–H groups in total. The first-order valence-electron chi connectivity index (χ1n) is 7.21. The van der Waals surface area contributed by atoms with E-state index in [1.807, 2.05) is 0 Å². The Labute approximate surface area is 127 Å². The molecule has 1 aromatic heterocycles. The van der Waals surface area contributed by atoms with Crippen LogP contribution in [0.2, 0.25) is 0 Å². The minimum atomic E-state index is -0.588. The lowest BCUT2D eigenvalue weighted by molar-refractivity contribution is -0.781. The molecule has 0 aliphatic carbocycles. The van der Waals surface area contributed by atoms with Crippen LogP contribution in [0.4, 0.5) is 11.4 Å². The second-order valence-electron chi connectivity index (χ2n) is 4.82. The van der Waals surface area contributed by atoms with E-state index in [1.165, 1.54) is 12.1 Å². The molecule has 1 heterocycles. The topological polar surface area (TPSA) is 111 Å². The van der Waals surface area contributed by atoms with Crippen LogP contribution in [0.25, 0.3) is 11.0 Å². The van der Waals surface area contributed by atoms with E-state index in [9.17, 15) is 15.3 Å². The first-order chi connectivity index (χ1) is 10.6. The normalized spacial score (nSPS) is 11.2. The first kappa shape index (κ1) is 16.0. The smallest absolute Gasteiger partial charge is 0.327 e. The van der Waals surface area contributed by atoms with Crippen LogP contribution in [0, 0.1) is 15.3 Å². The Kier molecular flexibility index (Phi) is 5.10. The van der Waals surface area contributed by atoms with Gasteiger partial charge in [0, 0.05) is 12.6 Å². The lowest BCUT2D eigenvalue weighted by Gasteiger charge is -2.17. The first-order valence-corrected chi connectivity index (χ1v) is 7.21. The summed E-state index contributed by atoms with van der Waals surface area (Å²) < 4.78 is 4.48. The number of non-ortho nitro benzene ring substituents is 1. The average molecular weight is 309 g/mol. The molecular formula is C13H19N5O4. The van der Waals surface area contributed by atoms with Crippen molar-refractivity contribution in [2.45, 2.75) is 20.3 Å². The minimum Gasteiger partial charge on any atom is -0.381 e. The van der Waals surface area contributed by atoms with Crippen LogP contribution < -0.4 is 10.2 Å². The maximum absolute atomic E-state index is 11.6. The van der Waals surface area contributed by atoms with Gasteiger partial charge in [0.1, 0.15) is 0 Å². The third kappa shape index (κ3) is 3.25. The van der Waals surface area contributed by atoms with E-state index < -0.39 is 4.92 Å². The van der Waals surface area contributed by atoms with Gasteiger partial charge in [-0.15, -0.1) is 0 Å². The number of hydrogen-bond acceptors (Lipinski definition) is 7. The van der Waals surface area contributed by atoms with Crippen LogP contribution in [-0.2, 0) is 0 Å². The monoisotopic (exact) mass is 309 g/mol. The number of rotatable bonds is 8. The predicted octanol–water partition coefficient (Wildman–Crippen LogP) is 1.51. The van der Waals surface area contributed by atoms with E-state index in [0.29, 0.717) is 12.2 Å². The van der Waals surface area contributed by atoms with Gasteiger partial charge in [0.25, 0.3) is 5.52 Å². The van der Waals surface area contributed by atoms with Crippen molar-refractivity contribution in [1.29, 1.82) is 0 Å². The maximum atomic E-state index is 11.6. The predicted molar refractivity (Wildman–Crippen MR) is 80.5 cm³/mol. The Morgan fingerprint density at radius 1 is 1.41 bits per heavy atom. The van der Waals surface area contributed by atoms with E-state index in [2.05, 4.69) is 33.8 Å². The molecule has 0 spiro atoms. The highest BCUT2D eigenvalue weighted by atomic mass is 16.8. The van der Waals surface area contributed by atoms with Crippen molar-refractivity contribution in [3.63, 3.8) is 0 Å². The third-order valence-electron chi connectivity index (χ3n) is 3.58. The van der Waals surface area contributed by atoms with Crippen molar-refractivity contribution in [3.05, 3.63) is 27.5 Å². The number of hydrogen-bond donors (Lipinski definition) is 1. The molecule has 0 aliphatic rings. The Balaban J connectivity index is 2.10. The number of benzene rings is 1. The van der Waals surface area contributed by atoms with Gasteiger partial charge < -0.3 is 15.4 Å². The summed E-state index contributed by atoms with van der Waals surface area (Å²) in [5.41, 5.74) is 0.240. The van der Waals surface area contributed by atoms with Crippen LogP contribution in [0.3, 0.4) is 0 Å². The van der Waals surface area contributed by atoms with E-state index in [-0.39, 0.29) is 21.6 Å². The summed E-state index contributed by atoms with van der Waals surface area (Å²) in [7, 11) is 0. The van der Waals surface area contributed by atoms with Gasteiger partial charge in [-0.05, 0) is 37.0 Å². The molecule has 2 rings (SSSR count). The zero-order valence-corrected chi connectivity index (χ0v) is 12.6. The molecular weight excluding hydrogens is 290 g/mol. The molecule has 0 amide bonds. The summed E-state index contributed by atoms with van der Waals surface area (Å²) in [5.74, 6) is 0. The molecule has 0 saturated carbocycles. The Bertz CT molecular complexity index is 653. The lowest BCUT2D eigenvalue weighted by atomic mass is 10.2. The fourth-order valence-electron chi connectivity index (χ4n) is 2.32. The maximum Gasteiger partial charge on any atom is 0.327 e. The van der Waals surface area contributed by atoms with Crippen LogP contribution >= 0.6 is 0 Å². The van der Waals surface area contributed by atoms with E-state index in [0.717, 1.165) is 26.1 Å². The van der Waals surface area contributed by atoms with E-state index in [1.54, 1.807) is 0 Å². The molecule has 9 nitrogen and oxygen atoms in total. The highest BCUT2D eigenvalue weighted by Crippen LogP contribution is 2.27. The van der Waals surface area contributed by atoms with Gasteiger partial charge in [0.15, 0.2) is 0 Å². The van der Waals surface area contributed by atoms with Gasteiger partial charge in [-0.25, -0.2) is 0 Å². The van der Waals surface area contributed by atoms with Crippen molar-refractivity contribution >= 4 is 22.4 Å². The number of fused-ring (bicyclic) bond motifs is 1. The zero-order valence-electron chi connectivity index (χ0n) is 12.6. The summed E-state index contributed by atoms with van der Waals surface area (Å²) in [6.45, 7) is 7.78. The van der Waals surface area contributed by atoms with Crippen molar-refractivity contribution in [2.75, 3.05) is 31.5 Å². The van der Waals surface area contributed by atoms with Crippen molar-refractivity contribution in [3.8, 4) is 0 Å². The van der Waals surface area contributed by atoms with Crippen molar-refractivity contribution in [2.24, 2.45) is 0 Å². The SMILES string of the molecule is CCN(CC)CCCNc1ccc([N+](=O)[O-])c2no[n+]([O-])c12. The molecule has 0 radical (unpaired) electrons. The van der Waals surface area contributed by atoms with Gasteiger partial charge in [-0.2, -0.15) is 0 Å². The molecule has 0 bridgehead atoms. The fraction of sp³-hybridized carbons (Fsp3) is 0.538. The van der Waals surface area contributed by atoms with Gasteiger partial charge in [0.2, 0.25) is 0 Å². The molecule has 9 heteroatoms. The fourth-order valence-corrected chi connectivity index (χ4v) is 2.32. The van der Waals surface area contributed by atoms with Gasteiger partial charge in [0.05, 0.1) is 15.8 Å². The third-order valence-corrected chi connectivity index (χ3v) is 3.58. The molecule has 22 heavy (non-hydrogen) atoms. The van der Waals surface area contributed by atoms with Crippen LogP contribution in [-0.4, -0.2) is 41.2 Å². The summed E-state index contributed by atoms with van der Waals surface area (Å²) in [5, 5.41) is 29.1. The summed E-state index contributed by atoms with van der Waals surface area (Å²) in [4.78, 5) is 12.8. The van der Waals surface area contributed by atoms with Gasteiger partial charge in [-0.1, -0.05) is 13.8 Å². The number of anilines is 1. The Hall–Kier alpha value is -2.42. The van der Waals surface area contributed by atoms with Crippen molar-refractivity contribution < 1.29 is 14.5 Å². The number of nitrogens with zero attached hydrogens (tertiary/aromatic N) is 4. The number of aromatic nitrogens is 2. The van der Waals surface area contributed by atoms with Crippen LogP contribution in [0.5, 0.6) is 0 Å². The Morgan fingerprint density at radius 3 is 2.77 bits per heavy atom. The summed E-state index contributed by atoms with van der Waals surface area (Å²) in [6, 6.07) is 2.82. The molecule has 0 saturated heterocycles. The second-order valence-corrected chi connectivity index (χ2v) is 4.82. The summed E-state index contributed by atoms with van der Waals surface area (Å²) in [6.07, 6.45) is 0.893. The number of nitrogens with one attached hydrogen (secondary N) is 1. The van der Waals surface area contributed by atoms with Gasteiger partial charge in [-0.3, -0.25) is 14.7 Å². The number of nitro groups is 1. The molecule has 0 atom stereocenters. The standard InChI is InChI=1S/C13H19N5O4/c1-3-16(4-2)9-5-8-14-10-6-7-11(17(19)20)12-13(10)18(21)22-15-12/h6-7,14H,3-5,8-9H2,1-2H3. The number of nitro benzene ring substituents is 1. The average Bonchev–Trinajstić information content (AvgIpc) is 2.89. The van der Waals surface area contributed by atoms with Gasteiger partial charge >= 0.3 is 11.2 Å². The van der Waals surface area contributed by atoms with E-state index in [4.69, 9.17) is 0 Å². The largest absolute Gasteiger partial charge is 0.381 e. The lowest BCUT2D eigenvalue weighted by Crippen LogP contribution is -2.26. The minimum absolute atomic E-state index is 0.0475. The second kappa shape index (κ2) is 7.03. The zero-order chi connectivity index (χ0) is 16.1. The van der Waals surface area contributed by atoms with Crippen molar-refractivity contribution in [1.82, 2.24) is 10.1 Å². The van der Waals surface area contributed by atoms with Crippen LogP contribution in [0.15, 0.2) is 16.8 Å². The van der Waals surface area contributed by atoms with E-state index >= 15 is 0 Å². The molecule has 0 fully saturated rings. The summed E-state index contributed by atoms with van der Waals surface area (Å²) >= 11 is 0. The molecule has 1 aromatic carbocycles. The highest BCUT2D eigenvalue weighted by molar-refractivity contribution is 5.91. The molecule has 2 aromatic rings. The molecule has 120 valence electrons. The highest BCUT2D eigenvalue weighted by Gasteiger charge is 2.25. The molecule has 0 unspecified atom stereocenters.